The van der Waals surface area contributed by atoms with E-state index in [2.05, 4.69) is 4.98 Å². The normalized spacial score (nSPS) is 13.6. The number of pyridine rings is 1. The molecule has 0 aliphatic carbocycles. The molecule has 170 valence electrons. The number of anilines is 1. The molecule has 9 nitrogen and oxygen atoms in total. The van der Waals surface area contributed by atoms with Crippen molar-refractivity contribution in [3.8, 4) is 0 Å². The maximum atomic E-state index is 13.2. The van der Waals surface area contributed by atoms with E-state index in [4.69, 9.17) is 16.3 Å². The smallest absolute Gasteiger partial charge is 0.325 e. The number of carbonyl (C=O) groups excluding carboxylic acids is 3. The van der Waals surface area contributed by atoms with Crippen molar-refractivity contribution in [2.24, 2.45) is 0 Å². The van der Waals surface area contributed by atoms with E-state index in [0.29, 0.717) is 42.7 Å². The van der Waals surface area contributed by atoms with Gasteiger partial charge in [0.2, 0.25) is 0 Å². The molecule has 1 aromatic carbocycles. The maximum Gasteiger partial charge on any atom is 0.325 e. The third-order valence-electron chi connectivity index (χ3n) is 4.54. The van der Waals surface area contributed by atoms with Gasteiger partial charge in [-0.25, -0.2) is 4.79 Å². The van der Waals surface area contributed by atoms with Crippen LogP contribution >= 0.6 is 11.6 Å². The van der Waals surface area contributed by atoms with E-state index in [0.717, 1.165) is 0 Å². The molecule has 0 saturated carbocycles. The van der Waals surface area contributed by atoms with Gasteiger partial charge in [0, 0.05) is 30.0 Å². The van der Waals surface area contributed by atoms with Crippen LogP contribution in [0, 0.1) is 0 Å². The lowest BCUT2D eigenvalue weighted by Gasteiger charge is -2.33. The Kier molecular flexibility index (Phi) is 7.90. The molecule has 12 heteroatoms. The van der Waals surface area contributed by atoms with Gasteiger partial charge in [0.05, 0.1) is 31.0 Å². The fourth-order valence-electron chi connectivity index (χ4n) is 2.90. The van der Waals surface area contributed by atoms with Gasteiger partial charge in [-0.2, -0.15) is 8.78 Å². The molecule has 0 bridgehead atoms. The Morgan fingerprint density at radius 2 is 1.91 bits per heavy atom. The largest absolute Gasteiger partial charge is 0.378 e. The van der Waals surface area contributed by atoms with Crippen LogP contribution in [0.15, 0.2) is 42.6 Å². The summed E-state index contributed by atoms with van der Waals surface area (Å²) in [4.78, 5) is 43.3. The molecule has 4 amide bonds. The van der Waals surface area contributed by atoms with Gasteiger partial charge in [-0.15, -0.1) is 0 Å². The van der Waals surface area contributed by atoms with Crippen LogP contribution in [0.25, 0.3) is 0 Å². The number of amides is 4. The molecule has 0 spiro atoms. The summed E-state index contributed by atoms with van der Waals surface area (Å²) < 4.78 is 29.7. The molecule has 0 atom stereocenters. The highest BCUT2D eigenvalue weighted by Crippen LogP contribution is 2.23. The number of carbonyl (C=O) groups is 3. The SMILES string of the molecule is O=C(NNC(=O)C(F)F)c1ccc(CN(C(=O)N2CCOCC2)c2cccc(Cl)c2)nc1. The minimum atomic E-state index is -3.25. The van der Waals surface area contributed by atoms with Crippen molar-refractivity contribution in [2.45, 2.75) is 13.0 Å². The summed E-state index contributed by atoms with van der Waals surface area (Å²) >= 11 is 6.10. The number of morpholine rings is 1. The lowest BCUT2D eigenvalue weighted by molar-refractivity contribution is -0.132. The molecule has 32 heavy (non-hydrogen) atoms. The average Bonchev–Trinajstić information content (AvgIpc) is 2.81. The highest BCUT2D eigenvalue weighted by atomic mass is 35.5. The van der Waals surface area contributed by atoms with Crippen LogP contribution in [0.5, 0.6) is 0 Å². The highest BCUT2D eigenvalue weighted by Gasteiger charge is 2.25. The molecule has 0 unspecified atom stereocenters. The lowest BCUT2D eigenvalue weighted by atomic mass is 10.2. The number of hydrogen-bond acceptors (Lipinski definition) is 5. The zero-order valence-electron chi connectivity index (χ0n) is 16.8. The van der Waals surface area contributed by atoms with Crippen molar-refractivity contribution >= 4 is 35.1 Å². The third-order valence-corrected chi connectivity index (χ3v) is 4.77. The van der Waals surface area contributed by atoms with Crippen LogP contribution in [0.2, 0.25) is 5.02 Å². The number of nitrogens with zero attached hydrogens (tertiary/aromatic N) is 3. The van der Waals surface area contributed by atoms with Crippen molar-refractivity contribution < 1.29 is 27.9 Å². The van der Waals surface area contributed by atoms with Crippen LogP contribution in [0.4, 0.5) is 19.3 Å². The number of ether oxygens (including phenoxy) is 1. The number of aromatic nitrogens is 1. The van der Waals surface area contributed by atoms with Gasteiger partial charge in [0.15, 0.2) is 0 Å². The van der Waals surface area contributed by atoms with Crippen molar-refractivity contribution in [1.82, 2.24) is 20.7 Å². The molecule has 2 N–H and O–H groups in total. The number of hydrazine groups is 1. The zero-order chi connectivity index (χ0) is 23.1. The number of rotatable bonds is 5. The molecule has 1 aliphatic rings. The van der Waals surface area contributed by atoms with Crippen LogP contribution in [0.1, 0.15) is 16.1 Å². The van der Waals surface area contributed by atoms with Gasteiger partial charge in [-0.3, -0.25) is 30.3 Å². The summed E-state index contributed by atoms with van der Waals surface area (Å²) in [6, 6.07) is 9.52. The van der Waals surface area contributed by atoms with Crippen molar-refractivity contribution in [3.05, 3.63) is 58.9 Å². The molecule has 1 saturated heterocycles. The molecule has 1 aliphatic heterocycles. The standard InChI is InChI=1S/C20H20ClF2N5O4/c21-14-2-1-3-16(10-14)28(20(31)27-6-8-32-9-7-27)12-15-5-4-13(11-24-15)18(29)25-26-19(30)17(22)23/h1-5,10-11,17H,6-9,12H2,(H,25,29)(H,26,30). The van der Waals surface area contributed by atoms with Crippen molar-refractivity contribution in [2.75, 3.05) is 31.2 Å². The summed E-state index contributed by atoms with van der Waals surface area (Å²) in [6.07, 6.45) is -2.04. The molecular formula is C20H20ClF2N5O4. The van der Waals surface area contributed by atoms with E-state index < -0.39 is 18.2 Å². The number of nitrogens with one attached hydrogen (secondary N) is 2. The Labute approximate surface area is 187 Å². The topological polar surface area (TPSA) is 104 Å². The summed E-state index contributed by atoms with van der Waals surface area (Å²) in [5.74, 6) is -2.43. The molecule has 1 aromatic heterocycles. The van der Waals surface area contributed by atoms with E-state index in [1.54, 1.807) is 34.6 Å². The second kappa shape index (κ2) is 10.8. The van der Waals surface area contributed by atoms with E-state index in [1.807, 2.05) is 5.43 Å². The Bertz CT molecular complexity index is 971. The Hall–Kier alpha value is -3.31. The van der Waals surface area contributed by atoms with Gasteiger partial charge in [-0.1, -0.05) is 17.7 Å². The second-order valence-electron chi connectivity index (χ2n) is 6.73. The number of benzene rings is 1. The second-order valence-corrected chi connectivity index (χ2v) is 7.17. The number of urea groups is 1. The molecule has 3 rings (SSSR count). The first-order valence-corrected chi connectivity index (χ1v) is 9.96. The molecule has 1 fully saturated rings. The summed E-state index contributed by atoms with van der Waals surface area (Å²) in [5.41, 5.74) is 4.57. The average molecular weight is 468 g/mol. The first-order valence-electron chi connectivity index (χ1n) is 9.58. The van der Waals surface area contributed by atoms with Gasteiger partial charge in [0.25, 0.3) is 5.91 Å². The predicted octanol–water partition coefficient (Wildman–Crippen LogP) is 2.22. The van der Waals surface area contributed by atoms with Crippen molar-refractivity contribution in [3.63, 3.8) is 0 Å². The first-order chi connectivity index (χ1) is 15.3. The first kappa shape index (κ1) is 23.4. The molecule has 2 aromatic rings. The molecule has 2 heterocycles. The highest BCUT2D eigenvalue weighted by molar-refractivity contribution is 6.30. The fraction of sp³-hybridized carbons (Fsp3) is 0.300. The fourth-order valence-corrected chi connectivity index (χ4v) is 3.08. The van der Waals surface area contributed by atoms with Crippen LogP contribution < -0.4 is 15.8 Å². The Morgan fingerprint density at radius 3 is 2.53 bits per heavy atom. The summed E-state index contributed by atoms with van der Waals surface area (Å²) in [5, 5.41) is 0.466. The Balaban J connectivity index is 1.73. The van der Waals surface area contributed by atoms with Crippen LogP contribution in [-0.2, 0) is 16.1 Å². The van der Waals surface area contributed by atoms with E-state index in [9.17, 15) is 23.2 Å². The number of hydrogen-bond donors (Lipinski definition) is 2. The number of halogens is 3. The lowest BCUT2D eigenvalue weighted by Crippen LogP contribution is -2.48. The van der Waals surface area contributed by atoms with E-state index in [-0.39, 0.29) is 18.1 Å². The van der Waals surface area contributed by atoms with Gasteiger partial charge in [-0.05, 0) is 30.3 Å². The van der Waals surface area contributed by atoms with Gasteiger partial charge >= 0.3 is 18.4 Å². The summed E-state index contributed by atoms with van der Waals surface area (Å²) in [6.45, 7) is 1.89. The van der Waals surface area contributed by atoms with Crippen molar-refractivity contribution in [1.29, 1.82) is 0 Å². The van der Waals surface area contributed by atoms with Crippen LogP contribution in [0.3, 0.4) is 0 Å². The predicted molar refractivity (Wildman–Crippen MR) is 111 cm³/mol. The minimum absolute atomic E-state index is 0.0390. The monoisotopic (exact) mass is 467 g/mol. The van der Waals surface area contributed by atoms with E-state index in [1.165, 1.54) is 23.2 Å². The molecule has 0 radical (unpaired) electrons. The van der Waals surface area contributed by atoms with E-state index >= 15 is 0 Å². The minimum Gasteiger partial charge on any atom is -0.378 e. The van der Waals surface area contributed by atoms with Gasteiger partial charge < -0.3 is 9.64 Å². The molecular weight excluding hydrogens is 448 g/mol. The maximum absolute atomic E-state index is 13.2. The number of alkyl halides is 2. The van der Waals surface area contributed by atoms with Crippen LogP contribution in [-0.4, -0.2) is 60.5 Å². The summed E-state index contributed by atoms with van der Waals surface area (Å²) in [7, 11) is 0. The zero-order valence-corrected chi connectivity index (χ0v) is 17.5. The Morgan fingerprint density at radius 1 is 1.16 bits per heavy atom. The van der Waals surface area contributed by atoms with Gasteiger partial charge in [0.1, 0.15) is 0 Å². The third kappa shape index (κ3) is 6.11. The quantitative estimate of drug-likeness (QED) is 0.656.